The average Bonchev–Trinajstić information content (AvgIpc) is 3.25. The fraction of sp³-hybridized carbons (Fsp3) is 0.400. The molecule has 1 aliphatic carbocycles. The molecular weight excluding hydrogens is 440 g/mol. The summed E-state index contributed by atoms with van der Waals surface area (Å²) >= 11 is 1.62. The van der Waals surface area contributed by atoms with Gasteiger partial charge >= 0.3 is 5.97 Å². The van der Waals surface area contributed by atoms with Gasteiger partial charge in [-0.15, -0.1) is 11.3 Å². The number of hydrogen-bond acceptors (Lipinski definition) is 7. The predicted molar refractivity (Wildman–Crippen MR) is 128 cm³/mol. The molecule has 0 bridgehead atoms. The molecule has 0 radical (unpaired) electrons. The van der Waals surface area contributed by atoms with Gasteiger partial charge in [0.15, 0.2) is 18.1 Å². The molecule has 0 spiro atoms. The van der Waals surface area contributed by atoms with E-state index >= 15 is 0 Å². The Morgan fingerprint density at radius 2 is 1.79 bits per heavy atom. The van der Waals surface area contributed by atoms with Gasteiger partial charge in [-0.1, -0.05) is 31.4 Å². The van der Waals surface area contributed by atoms with E-state index in [4.69, 9.17) is 19.2 Å². The van der Waals surface area contributed by atoms with E-state index in [1.807, 2.05) is 24.3 Å². The van der Waals surface area contributed by atoms with Crippen LogP contribution in [0, 0.1) is 5.41 Å². The Kier molecular flexibility index (Phi) is 7.13. The number of esters is 1. The van der Waals surface area contributed by atoms with Gasteiger partial charge in [0.1, 0.15) is 0 Å². The van der Waals surface area contributed by atoms with E-state index in [-0.39, 0.29) is 12.6 Å². The molecule has 1 aliphatic rings. The van der Waals surface area contributed by atoms with Crippen LogP contribution in [0.15, 0.2) is 42.5 Å². The van der Waals surface area contributed by atoms with Crippen LogP contribution in [0.1, 0.15) is 37.1 Å². The maximum atomic E-state index is 13.2. The number of nitrogens with one attached hydrogen (secondary N) is 1. The Labute approximate surface area is 197 Å². The summed E-state index contributed by atoms with van der Waals surface area (Å²) in [5.74, 6) is 0.353. The second-order valence-electron chi connectivity index (χ2n) is 8.29. The lowest BCUT2D eigenvalue weighted by Crippen LogP contribution is -2.38. The van der Waals surface area contributed by atoms with Crippen molar-refractivity contribution in [3.8, 4) is 11.5 Å². The summed E-state index contributed by atoms with van der Waals surface area (Å²) in [6, 6.07) is 13.1. The number of hydrogen-bond donors (Lipinski definition) is 1. The number of para-hydroxylation sites is 1. The van der Waals surface area contributed by atoms with Gasteiger partial charge in [-0.3, -0.25) is 9.59 Å². The first-order valence-electron chi connectivity index (χ1n) is 11.1. The lowest BCUT2D eigenvalue weighted by atomic mass is 9.72. The molecule has 0 saturated heterocycles. The minimum atomic E-state index is -0.629. The summed E-state index contributed by atoms with van der Waals surface area (Å²) in [5, 5.41) is 3.68. The third-order valence-corrected chi connectivity index (χ3v) is 7.11. The Hall–Kier alpha value is -3.13. The SMILES string of the molecule is COc1ccc(NC(=O)COC(=O)C2(Cc3nc4ccccc4s3)CCCCC2)cc1OC. The molecule has 0 atom stereocenters. The molecule has 4 rings (SSSR count). The van der Waals surface area contributed by atoms with E-state index in [1.54, 1.807) is 36.6 Å². The van der Waals surface area contributed by atoms with E-state index in [2.05, 4.69) is 5.32 Å². The zero-order valence-corrected chi connectivity index (χ0v) is 19.7. The topological polar surface area (TPSA) is 86.8 Å². The number of fused-ring (bicyclic) bond motifs is 1. The number of methoxy groups -OCH3 is 2. The van der Waals surface area contributed by atoms with Gasteiger partial charge < -0.3 is 19.5 Å². The predicted octanol–water partition coefficient (Wildman–Crippen LogP) is 4.99. The van der Waals surface area contributed by atoms with Crippen molar-refractivity contribution in [2.45, 2.75) is 38.5 Å². The number of aromatic nitrogens is 1. The molecule has 1 N–H and O–H groups in total. The van der Waals surface area contributed by atoms with Crippen LogP contribution in [0.4, 0.5) is 5.69 Å². The molecule has 1 heterocycles. The van der Waals surface area contributed by atoms with Crippen molar-refractivity contribution < 1.29 is 23.8 Å². The minimum absolute atomic E-state index is 0.316. The average molecular weight is 469 g/mol. The molecule has 174 valence electrons. The van der Waals surface area contributed by atoms with E-state index in [0.717, 1.165) is 47.3 Å². The van der Waals surface area contributed by atoms with E-state index in [0.29, 0.717) is 23.6 Å². The van der Waals surface area contributed by atoms with Gasteiger partial charge in [0.2, 0.25) is 0 Å². The fourth-order valence-electron chi connectivity index (χ4n) is 4.36. The second kappa shape index (κ2) is 10.2. The number of amides is 1. The summed E-state index contributed by atoms with van der Waals surface area (Å²) < 4.78 is 17.1. The van der Waals surface area contributed by atoms with Gasteiger partial charge in [0.25, 0.3) is 5.91 Å². The van der Waals surface area contributed by atoms with Crippen LogP contribution >= 0.6 is 11.3 Å². The van der Waals surface area contributed by atoms with Gasteiger partial charge in [-0.25, -0.2) is 4.98 Å². The number of nitrogens with zero attached hydrogens (tertiary/aromatic N) is 1. The van der Waals surface area contributed by atoms with Crippen LogP contribution in [0.25, 0.3) is 10.2 Å². The van der Waals surface area contributed by atoms with E-state index in [1.165, 1.54) is 7.11 Å². The van der Waals surface area contributed by atoms with Crippen LogP contribution in [-0.2, 0) is 20.7 Å². The van der Waals surface area contributed by atoms with Crippen LogP contribution in [0.3, 0.4) is 0 Å². The number of anilines is 1. The Balaban J connectivity index is 1.41. The highest BCUT2D eigenvalue weighted by Gasteiger charge is 2.42. The molecule has 3 aromatic rings. The van der Waals surface area contributed by atoms with Crippen LogP contribution < -0.4 is 14.8 Å². The van der Waals surface area contributed by atoms with Gasteiger partial charge in [-0.2, -0.15) is 0 Å². The summed E-state index contributed by atoms with van der Waals surface area (Å²) in [5.41, 5.74) is 0.858. The molecule has 8 heteroatoms. The zero-order valence-electron chi connectivity index (χ0n) is 18.9. The number of carbonyl (C=O) groups excluding carboxylic acids is 2. The van der Waals surface area contributed by atoms with Gasteiger partial charge in [-0.05, 0) is 37.1 Å². The quantitative estimate of drug-likeness (QED) is 0.469. The summed E-state index contributed by atoms with van der Waals surface area (Å²) in [7, 11) is 3.07. The van der Waals surface area contributed by atoms with Crippen LogP contribution in [0.2, 0.25) is 0 Å². The molecule has 1 saturated carbocycles. The first-order chi connectivity index (χ1) is 16.0. The smallest absolute Gasteiger partial charge is 0.313 e. The van der Waals surface area contributed by atoms with Crippen molar-refractivity contribution in [3.05, 3.63) is 47.5 Å². The lowest BCUT2D eigenvalue weighted by molar-refractivity contribution is -0.160. The third kappa shape index (κ3) is 5.27. The number of benzene rings is 2. The highest BCUT2D eigenvalue weighted by molar-refractivity contribution is 7.18. The van der Waals surface area contributed by atoms with Crippen LogP contribution in [0.5, 0.6) is 11.5 Å². The maximum absolute atomic E-state index is 13.2. The third-order valence-electron chi connectivity index (χ3n) is 6.07. The van der Waals surface area contributed by atoms with Gasteiger partial charge in [0.05, 0.1) is 34.9 Å². The summed E-state index contributed by atoms with van der Waals surface area (Å²) in [6.07, 6.45) is 5.09. The number of ether oxygens (including phenoxy) is 3. The number of rotatable bonds is 8. The Morgan fingerprint density at radius 3 is 2.52 bits per heavy atom. The lowest BCUT2D eigenvalue weighted by Gasteiger charge is -2.34. The van der Waals surface area contributed by atoms with Crippen molar-refractivity contribution in [1.29, 1.82) is 0 Å². The molecule has 33 heavy (non-hydrogen) atoms. The molecule has 0 unspecified atom stereocenters. The molecular formula is C25H28N2O5S. The van der Waals surface area contributed by atoms with E-state index in [9.17, 15) is 9.59 Å². The van der Waals surface area contributed by atoms with Crippen molar-refractivity contribution in [1.82, 2.24) is 4.98 Å². The summed E-state index contributed by atoms with van der Waals surface area (Å²) in [4.78, 5) is 30.4. The highest BCUT2D eigenvalue weighted by atomic mass is 32.1. The Bertz CT molecular complexity index is 1100. The first-order valence-corrected chi connectivity index (χ1v) is 11.9. The Morgan fingerprint density at radius 1 is 1.03 bits per heavy atom. The normalized spacial score (nSPS) is 15.1. The van der Waals surface area contributed by atoms with Gasteiger partial charge in [0, 0.05) is 18.2 Å². The standard InChI is InChI=1S/C25H28N2O5S/c1-30-19-11-10-17(14-20(19)31-2)26-22(28)16-32-24(29)25(12-6-3-7-13-25)15-23-27-18-8-4-5-9-21(18)33-23/h4-5,8-11,14H,3,6-7,12-13,15-16H2,1-2H3,(H,26,28). The highest BCUT2D eigenvalue weighted by Crippen LogP contribution is 2.41. The number of carbonyl (C=O) groups is 2. The summed E-state index contributed by atoms with van der Waals surface area (Å²) in [6.45, 7) is -0.339. The molecule has 0 aliphatic heterocycles. The van der Waals surface area contributed by atoms with E-state index < -0.39 is 11.3 Å². The first kappa shape index (κ1) is 23.0. The van der Waals surface area contributed by atoms with Crippen LogP contribution in [-0.4, -0.2) is 37.7 Å². The maximum Gasteiger partial charge on any atom is 0.313 e. The minimum Gasteiger partial charge on any atom is -0.493 e. The van der Waals surface area contributed by atoms with Crippen molar-refractivity contribution in [3.63, 3.8) is 0 Å². The molecule has 7 nitrogen and oxygen atoms in total. The monoisotopic (exact) mass is 468 g/mol. The van der Waals surface area contributed by atoms with Crippen molar-refractivity contribution in [2.24, 2.45) is 5.41 Å². The number of thiazole rings is 1. The second-order valence-corrected chi connectivity index (χ2v) is 9.40. The largest absolute Gasteiger partial charge is 0.493 e. The molecule has 1 fully saturated rings. The zero-order chi connectivity index (χ0) is 23.3. The molecule has 1 aromatic heterocycles. The molecule has 2 aromatic carbocycles. The van der Waals surface area contributed by atoms with Crippen molar-refractivity contribution in [2.75, 3.05) is 26.1 Å². The fourth-order valence-corrected chi connectivity index (χ4v) is 5.47. The van der Waals surface area contributed by atoms with Crippen molar-refractivity contribution >= 4 is 39.1 Å². The molecule has 1 amide bonds.